The molecule has 0 aromatic rings. The molecule has 8 unspecified atom stereocenters. The van der Waals surface area contributed by atoms with Crippen LogP contribution in [0, 0.1) is 35.0 Å². The Morgan fingerprint density at radius 3 is 2.33 bits per heavy atom. The van der Waals surface area contributed by atoms with Crippen LogP contribution >= 0.6 is 0 Å². The number of hydrogen-bond acceptors (Lipinski definition) is 7. The Bertz CT molecular complexity index is 915. The van der Waals surface area contributed by atoms with Crippen LogP contribution in [0.15, 0.2) is 11.6 Å². The number of fused-ring (bicyclic) bond motifs is 4. The predicted molar refractivity (Wildman–Crippen MR) is 104 cm³/mol. The lowest BCUT2D eigenvalue weighted by Gasteiger charge is -2.40. The first kappa shape index (κ1) is 19.9. The highest BCUT2D eigenvalue weighted by Gasteiger charge is 2.69. The molecular weight excluding hydrogens is 386 g/mol. The van der Waals surface area contributed by atoms with Gasteiger partial charge in [0, 0.05) is 28.7 Å². The van der Waals surface area contributed by atoms with Gasteiger partial charge in [0.05, 0.1) is 24.0 Å². The van der Waals surface area contributed by atoms with Gasteiger partial charge in [0.15, 0.2) is 0 Å². The monoisotopic (exact) mass is 413 g/mol. The number of ketones is 5. The number of allylic oxidation sites excluding steroid dienone is 1. The van der Waals surface area contributed by atoms with Gasteiger partial charge < -0.3 is 5.11 Å². The fourth-order valence-electron chi connectivity index (χ4n) is 6.71. The predicted octanol–water partition coefficient (Wildman–Crippen LogP) is 0.525. The summed E-state index contributed by atoms with van der Waals surface area (Å²) >= 11 is 0. The molecule has 0 amide bonds. The fraction of sp³-hybridized carbons (Fsp3) is 0.696. The van der Waals surface area contributed by atoms with Crippen molar-refractivity contribution in [3.8, 4) is 0 Å². The summed E-state index contributed by atoms with van der Waals surface area (Å²) in [6.45, 7) is 4.80. The van der Waals surface area contributed by atoms with Crippen LogP contribution in [0.4, 0.5) is 0 Å². The van der Waals surface area contributed by atoms with Crippen molar-refractivity contribution in [1.29, 1.82) is 0 Å². The van der Waals surface area contributed by atoms with Gasteiger partial charge in [-0.2, -0.15) is 0 Å². The Balaban J connectivity index is 1.65. The van der Waals surface area contributed by atoms with Crippen molar-refractivity contribution in [3.05, 3.63) is 11.6 Å². The first-order valence-corrected chi connectivity index (χ1v) is 11.0. The lowest BCUT2D eigenvalue weighted by molar-refractivity contribution is -0.137. The molecule has 0 aromatic carbocycles. The van der Waals surface area contributed by atoms with Crippen molar-refractivity contribution in [2.75, 3.05) is 13.1 Å². The highest BCUT2D eigenvalue weighted by Crippen LogP contribution is 2.59. The zero-order valence-corrected chi connectivity index (χ0v) is 17.3. The van der Waals surface area contributed by atoms with Crippen LogP contribution in [-0.2, 0) is 24.0 Å². The van der Waals surface area contributed by atoms with Crippen LogP contribution in [0.2, 0.25) is 0 Å². The summed E-state index contributed by atoms with van der Waals surface area (Å²) in [6.07, 6.45) is 3.62. The van der Waals surface area contributed by atoms with E-state index in [1.54, 1.807) is 19.9 Å². The molecule has 0 aromatic heterocycles. The van der Waals surface area contributed by atoms with Gasteiger partial charge in [0.25, 0.3) is 0 Å². The van der Waals surface area contributed by atoms with E-state index in [4.69, 9.17) is 0 Å². The molecule has 1 N–H and O–H groups in total. The van der Waals surface area contributed by atoms with Crippen LogP contribution in [0.1, 0.15) is 39.5 Å². The van der Waals surface area contributed by atoms with E-state index in [0.29, 0.717) is 13.1 Å². The summed E-state index contributed by atoms with van der Waals surface area (Å²) in [4.78, 5) is 66.2. The SMILES string of the molecule is CC1C(=O)C(=O)C2CC3(C)C(=O)C3C(O)C(N3CCCCC3)C3C=C(C(=O)C3=O)C12. The molecule has 7 nitrogen and oxygen atoms in total. The smallest absolute Gasteiger partial charge is 0.225 e. The third-order valence-electron chi connectivity index (χ3n) is 8.44. The van der Waals surface area contributed by atoms with Crippen LogP contribution < -0.4 is 0 Å². The Kier molecular flexibility index (Phi) is 4.32. The number of nitrogens with zero attached hydrogens (tertiary/aromatic N) is 1. The molecule has 160 valence electrons. The van der Waals surface area contributed by atoms with E-state index in [9.17, 15) is 29.1 Å². The number of aliphatic hydroxyl groups excluding tert-OH is 1. The van der Waals surface area contributed by atoms with Crippen LogP contribution in [0.5, 0.6) is 0 Å². The van der Waals surface area contributed by atoms with E-state index in [1.165, 1.54) is 0 Å². The number of piperidine rings is 1. The second-order valence-electron chi connectivity index (χ2n) is 10.0. The third-order valence-corrected chi connectivity index (χ3v) is 8.44. The number of aliphatic hydroxyl groups is 1. The summed E-state index contributed by atoms with van der Waals surface area (Å²) in [5.74, 6) is -6.07. The molecule has 5 rings (SSSR count). The molecule has 1 aliphatic heterocycles. The van der Waals surface area contributed by atoms with E-state index in [2.05, 4.69) is 4.90 Å². The molecular formula is C23H27NO6. The van der Waals surface area contributed by atoms with Gasteiger partial charge in [0.1, 0.15) is 5.78 Å². The summed E-state index contributed by atoms with van der Waals surface area (Å²) in [7, 11) is 0. The minimum absolute atomic E-state index is 0.114. The summed E-state index contributed by atoms with van der Waals surface area (Å²) in [5.41, 5.74) is -0.661. The highest BCUT2D eigenvalue weighted by molar-refractivity contribution is 6.48. The van der Waals surface area contributed by atoms with Crippen molar-refractivity contribution in [2.24, 2.45) is 35.0 Å². The Morgan fingerprint density at radius 1 is 1.00 bits per heavy atom. The summed E-state index contributed by atoms with van der Waals surface area (Å²) in [6, 6.07) is -0.630. The lowest BCUT2D eigenvalue weighted by Crippen LogP contribution is -2.53. The zero-order chi connectivity index (χ0) is 21.5. The molecule has 3 fully saturated rings. The molecule has 8 atom stereocenters. The number of hydrogen-bond donors (Lipinski definition) is 1. The van der Waals surface area contributed by atoms with E-state index in [1.807, 2.05) is 0 Å². The Hall–Kier alpha value is -1.99. The molecule has 2 saturated carbocycles. The molecule has 30 heavy (non-hydrogen) atoms. The highest BCUT2D eigenvalue weighted by atomic mass is 16.3. The number of likely N-dealkylation sites (tertiary alicyclic amines) is 1. The van der Waals surface area contributed by atoms with E-state index in [-0.39, 0.29) is 17.8 Å². The standard InChI is InChI=1S/C23H27NO6/c1-10-14-11-8-12(19(27)18(11)26)16(24-6-4-3-5-7-24)21(29)15-22(30)23(15,2)9-13(14)20(28)17(10)25/h8,10,12-16,21,29H,3-7,9H2,1-2H3. The fourth-order valence-corrected chi connectivity index (χ4v) is 6.71. The number of carbonyl (C=O) groups excluding carboxylic acids is 5. The zero-order valence-electron chi connectivity index (χ0n) is 17.3. The number of Topliss-reactive ketones (excluding diaryl/α,β-unsaturated/α-hetero) is 5. The van der Waals surface area contributed by atoms with E-state index >= 15 is 0 Å². The maximum atomic E-state index is 13.1. The van der Waals surface area contributed by atoms with E-state index < -0.39 is 70.3 Å². The third kappa shape index (κ3) is 2.48. The number of carbonyl (C=O) groups is 5. The first-order chi connectivity index (χ1) is 14.2. The average Bonchev–Trinajstić information content (AvgIpc) is 3.06. The molecule has 0 spiro atoms. The van der Waals surface area contributed by atoms with Crippen LogP contribution in [0.3, 0.4) is 0 Å². The largest absolute Gasteiger partial charge is 0.391 e. The number of rotatable bonds is 1. The minimum atomic E-state index is -1.08. The molecule has 1 saturated heterocycles. The van der Waals surface area contributed by atoms with Crippen molar-refractivity contribution < 1.29 is 29.1 Å². The second-order valence-corrected chi connectivity index (χ2v) is 10.0. The van der Waals surface area contributed by atoms with Crippen molar-refractivity contribution >= 4 is 28.9 Å². The maximum Gasteiger partial charge on any atom is 0.225 e. The van der Waals surface area contributed by atoms with Gasteiger partial charge in [-0.1, -0.05) is 26.3 Å². The van der Waals surface area contributed by atoms with E-state index in [0.717, 1.165) is 19.3 Å². The van der Waals surface area contributed by atoms with Gasteiger partial charge in [-0.3, -0.25) is 28.9 Å². The molecule has 7 heteroatoms. The molecule has 0 radical (unpaired) electrons. The Labute approximate surface area is 174 Å². The first-order valence-electron chi connectivity index (χ1n) is 11.0. The molecule has 5 aliphatic rings. The van der Waals surface area contributed by atoms with Crippen molar-refractivity contribution in [1.82, 2.24) is 4.90 Å². The van der Waals surface area contributed by atoms with Gasteiger partial charge >= 0.3 is 0 Å². The van der Waals surface area contributed by atoms with Crippen LogP contribution in [0.25, 0.3) is 0 Å². The van der Waals surface area contributed by atoms with Gasteiger partial charge in [-0.25, -0.2) is 0 Å². The minimum Gasteiger partial charge on any atom is -0.391 e. The van der Waals surface area contributed by atoms with Gasteiger partial charge in [-0.15, -0.1) is 0 Å². The molecule has 4 aliphatic carbocycles. The molecule has 1 heterocycles. The maximum absolute atomic E-state index is 13.1. The van der Waals surface area contributed by atoms with Gasteiger partial charge in [-0.05, 0) is 32.4 Å². The summed E-state index contributed by atoms with van der Waals surface area (Å²) < 4.78 is 0. The van der Waals surface area contributed by atoms with Crippen LogP contribution in [-0.4, -0.2) is 64.2 Å². The normalized spacial score (nSPS) is 46.6. The quantitative estimate of drug-likeness (QED) is 0.625. The average molecular weight is 413 g/mol. The van der Waals surface area contributed by atoms with Crippen molar-refractivity contribution in [3.63, 3.8) is 0 Å². The Morgan fingerprint density at radius 2 is 1.67 bits per heavy atom. The second kappa shape index (κ2) is 6.50. The topological polar surface area (TPSA) is 109 Å². The van der Waals surface area contributed by atoms with Gasteiger partial charge in [0.2, 0.25) is 23.1 Å². The van der Waals surface area contributed by atoms with Crippen molar-refractivity contribution in [2.45, 2.75) is 51.7 Å². The summed E-state index contributed by atoms with van der Waals surface area (Å²) in [5, 5.41) is 11.3. The lowest BCUT2D eigenvalue weighted by atomic mass is 9.76. The molecule has 2 bridgehead atoms.